The highest BCUT2D eigenvalue weighted by atomic mass is 16.6. The molecule has 4 N–H and O–H groups in total. The minimum Gasteiger partial charge on any atom is -0.464 e. The van der Waals surface area contributed by atoms with Gasteiger partial charge >= 0.3 is 11.8 Å². The maximum atomic E-state index is 11.1. The second-order valence-corrected chi connectivity index (χ2v) is 5.06. The summed E-state index contributed by atoms with van der Waals surface area (Å²) in [5, 5.41) is 28.0. The highest BCUT2D eigenvalue weighted by Crippen LogP contribution is 2.31. The number of aromatic nitrogens is 2. The molecule has 0 aliphatic carbocycles. The molecule has 2 atom stereocenters. The first kappa shape index (κ1) is 15.2. The van der Waals surface area contributed by atoms with Crippen LogP contribution in [0.25, 0.3) is 0 Å². The third-order valence-electron chi connectivity index (χ3n) is 3.76. The quantitative estimate of drug-likeness (QED) is 0.309. The van der Waals surface area contributed by atoms with Crippen molar-refractivity contribution in [2.75, 3.05) is 13.1 Å². The summed E-state index contributed by atoms with van der Waals surface area (Å²) in [5.74, 6) is 5.34. The van der Waals surface area contributed by atoms with Gasteiger partial charge < -0.3 is 10.4 Å². The number of amides is 1. The Morgan fingerprint density at radius 2 is 2.43 bits per heavy atom. The van der Waals surface area contributed by atoms with Gasteiger partial charge in [0.2, 0.25) is 0 Å². The first-order valence-corrected chi connectivity index (χ1v) is 6.55. The molecule has 1 amide bonds. The number of nitrogens with one attached hydrogen (secondary N) is 1. The maximum Gasteiger partial charge on any atom is 0.421 e. The minimum atomic E-state index is -1.21. The van der Waals surface area contributed by atoms with E-state index in [-0.39, 0.29) is 11.6 Å². The molecule has 1 aromatic rings. The third-order valence-corrected chi connectivity index (χ3v) is 3.76. The highest BCUT2D eigenvalue weighted by molar-refractivity contribution is 5.64. The lowest BCUT2D eigenvalue weighted by Gasteiger charge is -2.25. The van der Waals surface area contributed by atoms with Crippen LogP contribution < -0.4 is 11.2 Å². The van der Waals surface area contributed by atoms with Crippen LogP contribution in [-0.4, -0.2) is 50.0 Å². The minimum absolute atomic E-state index is 0.0520. The number of nitro groups is 1. The molecule has 1 aromatic heterocycles. The van der Waals surface area contributed by atoms with E-state index in [9.17, 15) is 14.9 Å². The van der Waals surface area contributed by atoms with E-state index in [0.717, 1.165) is 5.01 Å². The number of aryl methyl sites for hydroxylation is 1. The molecule has 10 heteroatoms. The van der Waals surface area contributed by atoms with Crippen LogP contribution in [-0.2, 0) is 7.05 Å². The third kappa shape index (κ3) is 3.11. The van der Waals surface area contributed by atoms with Crippen LogP contribution in [0.4, 0.5) is 10.5 Å². The van der Waals surface area contributed by atoms with Crippen molar-refractivity contribution in [1.82, 2.24) is 20.1 Å². The van der Waals surface area contributed by atoms with E-state index in [1.54, 1.807) is 7.05 Å². The van der Waals surface area contributed by atoms with Gasteiger partial charge in [-0.05, 0) is 19.4 Å². The van der Waals surface area contributed by atoms with Crippen molar-refractivity contribution in [3.8, 4) is 0 Å². The average Bonchev–Trinajstić information content (AvgIpc) is 2.67. The number of nitrogens with zero attached hydrogens (tertiary/aromatic N) is 4. The van der Waals surface area contributed by atoms with Gasteiger partial charge in [-0.1, -0.05) is 0 Å². The second-order valence-electron chi connectivity index (χ2n) is 5.06. The number of hydrazine groups is 1. The van der Waals surface area contributed by atoms with E-state index in [4.69, 9.17) is 10.9 Å². The van der Waals surface area contributed by atoms with Gasteiger partial charge in [-0.3, -0.25) is 14.8 Å². The van der Waals surface area contributed by atoms with Crippen molar-refractivity contribution in [3.05, 3.63) is 22.0 Å². The largest absolute Gasteiger partial charge is 0.464 e. The van der Waals surface area contributed by atoms with Crippen LogP contribution in [0.3, 0.4) is 0 Å². The number of nitrogens with two attached hydrogens (primary N) is 1. The Balaban J connectivity index is 2.28. The molecule has 2 rings (SSSR count). The Hall–Kier alpha value is -2.20. The first-order valence-electron chi connectivity index (χ1n) is 6.55. The molecular formula is C11H18N6O4. The molecule has 21 heavy (non-hydrogen) atoms. The Morgan fingerprint density at radius 3 is 3.05 bits per heavy atom. The van der Waals surface area contributed by atoms with Crippen LogP contribution in [0.1, 0.15) is 24.5 Å². The van der Waals surface area contributed by atoms with Crippen molar-refractivity contribution in [1.29, 1.82) is 0 Å². The lowest BCUT2D eigenvalue weighted by atomic mass is 9.95. The van der Waals surface area contributed by atoms with Crippen molar-refractivity contribution in [3.63, 3.8) is 0 Å². The maximum absolute atomic E-state index is 11.1. The number of hydrogen-bond acceptors (Lipinski definition) is 6. The van der Waals surface area contributed by atoms with E-state index in [2.05, 4.69) is 10.4 Å². The summed E-state index contributed by atoms with van der Waals surface area (Å²) in [6.45, 7) is 1.12. The van der Waals surface area contributed by atoms with E-state index < -0.39 is 17.1 Å². The second kappa shape index (κ2) is 6.06. The van der Waals surface area contributed by atoms with E-state index >= 15 is 0 Å². The fourth-order valence-electron chi connectivity index (χ4n) is 2.74. The number of rotatable bonds is 3. The standard InChI is InChI=1S/C11H18N6O4/c1-15-10(9(6-14-15)17(20)21)7-4-8(2-3-13-5-7)16(12)11(18)19/h6-8,13H,2-5,12H2,1H3,(H,18,19). The summed E-state index contributed by atoms with van der Waals surface area (Å²) in [5.41, 5.74) is 0.432. The predicted octanol–water partition coefficient (Wildman–Crippen LogP) is 0.0176. The predicted molar refractivity (Wildman–Crippen MR) is 72.5 cm³/mol. The van der Waals surface area contributed by atoms with Gasteiger partial charge in [0.1, 0.15) is 11.9 Å². The van der Waals surface area contributed by atoms with Gasteiger partial charge in [-0.2, -0.15) is 5.10 Å². The molecular weight excluding hydrogens is 280 g/mol. The number of carboxylic acid groups (broad SMARTS) is 1. The van der Waals surface area contributed by atoms with Crippen LogP contribution in [0, 0.1) is 10.1 Å². The Bertz CT molecular complexity index is 545. The normalized spacial score (nSPS) is 22.6. The van der Waals surface area contributed by atoms with Gasteiger partial charge in [0, 0.05) is 19.5 Å². The van der Waals surface area contributed by atoms with Crippen molar-refractivity contribution >= 4 is 11.8 Å². The van der Waals surface area contributed by atoms with Crippen LogP contribution in [0.15, 0.2) is 6.20 Å². The van der Waals surface area contributed by atoms with Crippen LogP contribution in [0.5, 0.6) is 0 Å². The molecule has 0 radical (unpaired) electrons. The van der Waals surface area contributed by atoms with Crippen LogP contribution >= 0.6 is 0 Å². The lowest BCUT2D eigenvalue weighted by molar-refractivity contribution is -0.385. The summed E-state index contributed by atoms with van der Waals surface area (Å²) in [7, 11) is 1.64. The molecule has 116 valence electrons. The SMILES string of the molecule is Cn1ncc([N+](=O)[O-])c1C1CNCCC(N(N)C(=O)O)C1. The Labute approximate surface area is 120 Å². The summed E-state index contributed by atoms with van der Waals surface area (Å²) in [6, 6.07) is -0.392. The van der Waals surface area contributed by atoms with Crippen molar-refractivity contribution in [2.24, 2.45) is 12.9 Å². The van der Waals surface area contributed by atoms with Gasteiger partial charge in [0.25, 0.3) is 0 Å². The molecule has 0 spiro atoms. The zero-order chi connectivity index (χ0) is 15.6. The van der Waals surface area contributed by atoms with Crippen LogP contribution in [0.2, 0.25) is 0 Å². The monoisotopic (exact) mass is 298 g/mol. The molecule has 1 fully saturated rings. The highest BCUT2D eigenvalue weighted by Gasteiger charge is 2.33. The summed E-state index contributed by atoms with van der Waals surface area (Å²) in [6.07, 6.45) is 0.980. The Kier molecular flexibility index (Phi) is 4.38. The van der Waals surface area contributed by atoms with Gasteiger partial charge in [0.05, 0.1) is 11.0 Å². The molecule has 0 aromatic carbocycles. The molecule has 0 bridgehead atoms. The molecule has 10 nitrogen and oxygen atoms in total. The zero-order valence-corrected chi connectivity index (χ0v) is 11.6. The average molecular weight is 298 g/mol. The van der Waals surface area contributed by atoms with Crippen molar-refractivity contribution < 1.29 is 14.8 Å². The number of hydrogen-bond donors (Lipinski definition) is 3. The molecule has 1 aliphatic rings. The molecule has 1 saturated heterocycles. The van der Waals surface area contributed by atoms with E-state index in [1.165, 1.54) is 10.9 Å². The lowest BCUT2D eigenvalue weighted by Crippen LogP contribution is -2.45. The van der Waals surface area contributed by atoms with E-state index in [1.807, 2.05) is 0 Å². The summed E-state index contributed by atoms with van der Waals surface area (Å²) < 4.78 is 1.47. The summed E-state index contributed by atoms with van der Waals surface area (Å²) in [4.78, 5) is 21.6. The van der Waals surface area contributed by atoms with Gasteiger partial charge in [-0.15, -0.1) is 0 Å². The fraction of sp³-hybridized carbons (Fsp3) is 0.636. The molecule has 2 unspecified atom stereocenters. The molecule has 0 saturated carbocycles. The number of carbonyl (C=O) groups is 1. The smallest absolute Gasteiger partial charge is 0.421 e. The first-order chi connectivity index (χ1) is 9.91. The summed E-state index contributed by atoms with van der Waals surface area (Å²) >= 11 is 0. The van der Waals surface area contributed by atoms with E-state index in [0.29, 0.717) is 31.6 Å². The van der Waals surface area contributed by atoms with Gasteiger partial charge in [-0.25, -0.2) is 15.6 Å². The van der Waals surface area contributed by atoms with Gasteiger partial charge in [0.15, 0.2) is 0 Å². The topological polar surface area (TPSA) is 140 Å². The Morgan fingerprint density at radius 1 is 1.71 bits per heavy atom. The fourth-order valence-corrected chi connectivity index (χ4v) is 2.74. The molecule has 1 aliphatic heterocycles. The zero-order valence-electron chi connectivity index (χ0n) is 11.6. The molecule has 2 heterocycles. The van der Waals surface area contributed by atoms with Crippen molar-refractivity contribution in [2.45, 2.75) is 24.8 Å².